The minimum absolute atomic E-state index is 0.235. The van der Waals surface area contributed by atoms with E-state index in [9.17, 15) is 4.79 Å². The van der Waals surface area contributed by atoms with Crippen LogP contribution in [0.2, 0.25) is 0 Å². The maximum atomic E-state index is 11.9. The summed E-state index contributed by atoms with van der Waals surface area (Å²) in [5, 5.41) is 4.38. The maximum Gasteiger partial charge on any atom is 0.273 e. The molecule has 0 saturated carbocycles. The first-order chi connectivity index (χ1) is 10.3. The summed E-state index contributed by atoms with van der Waals surface area (Å²) >= 11 is 0. The first kappa shape index (κ1) is 11.7. The largest absolute Gasteiger partial charge is 0.306 e. The average molecular weight is 277 g/mol. The van der Waals surface area contributed by atoms with Crippen molar-refractivity contribution in [3.05, 3.63) is 60.2 Å². The zero-order chi connectivity index (χ0) is 14.2. The molecule has 0 saturated heterocycles. The molecule has 6 heteroatoms. The van der Waals surface area contributed by atoms with Crippen LogP contribution in [0.4, 0.5) is 0 Å². The van der Waals surface area contributed by atoms with Gasteiger partial charge in [0.2, 0.25) is 0 Å². The molecule has 0 bridgehead atoms. The Labute approximate surface area is 120 Å². The number of rotatable bonds is 1. The van der Waals surface area contributed by atoms with Gasteiger partial charge in [0.05, 0.1) is 17.5 Å². The second-order valence-electron chi connectivity index (χ2n) is 4.65. The van der Waals surface area contributed by atoms with Crippen LogP contribution in [0.1, 0.15) is 16.1 Å². The predicted octanol–water partition coefficient (Wildman–Crippen LogP) is 1.61. The van der Waals surface area contributed by atoms with Crippen LogP contribution in [0.5, 0.6) is 0 Å². The first-order valence-electron chi connectivity index (χ1n) is 6.49. The van der Waals surface area contributed by atoms with Crippen molar-refractivity contribution in [2.75, 3.05) is 0 Å². The van der Waals surface area contributed by atoms with Crippen LogP contribution >= 0.6 is 0 Å². The number of amides is 1. The smallest absolute Gasteiger partial charge is 0.273 e. The number of hydrazine groups is 1. The molecule has 1 aliphatic heterocycles. The average Bonchev–Trinajstić information content (AvgIpc) is 2.87. The molecule has 21 heavy (non-hydrogen) atoms. The Bertz CT molecular complexity index is 866. The zero-order valence-electron chi connectivity index (χ0n) is 10.9. The van der Waals surface area contributed by atoms with E-state index in [2.05, 4.69) is 20.9 Å². The van der Waals surface area contributed by atoms with Crippen molar-refractivity contribution in [1.82, 2.24) is 25.4 Å². The van der Waals surface area contributed by atoms with E-state index in [0.717, 1.165) is 16.8 Å². The minimum atomic E-state index is -0.235. The summed E-state index contributed by atoms with van der Waals surface area (Å²) < 4.78 is 1.68. The van der Waals surface area contributed by atoms with Gasteiger partial charge in [-0.2, -0.15) is 5.10 Å². The van der Waals surface area contributed by atoms with Gasteiger partial charge in [0.1, 0.15) is 0 Å². The minimum Gasteiger partial charge on any atom is -0.306 e. The van der Waals surface area contributed by atoms with Crippen molar-refractivity contribution in [2.24, 2.45) is 0 Å². The quantitative estimate of drug-likeness (QED) is 0.709. The fourth-order valence-electron chi connectivity index (χ4n) is 2.40. The molecule has 1 amide bonds. The molecule has 1 aromatic carbocycles. The van der Waals surface area contributed by atoms with E-state index in [1.54, 1.807) is 29.2 Å². The van der Waals surface area contributed by atoms with Crippen molar-refractivity contribution in [3.8, 4) is 11.1 Å². The van der Waals surface area contributed by atoms with Crippen LogP contribution in [0.25, 0.3) is 22.9 Å². The third-order valence-electron chi connectivity index (χ3n) is 3.40. The summed E-state index contributed by atoms with van der Waals surface area (Å²) in [6.45, 7) is 0. The number of nitrogens with zero attached hydrogens (tertiary/aromatic N) is 3. The highest BCUT2D eigenvalue weighted by molar-refractivity contribution is 5.98. The number of hydrogen-bond donors (Lipinski definition) is 2. The van der Waals surface area contributed by atoms with Gasteiger partial charge in [-0.3, -0.25) is 10.2 Å². The van der Waals surface area contributed by atoms with Gasteiger partial charge in [-0.25, -0.2) is 9.50 Å². The van der Waals surface area contributed by atoms with Crippen LogP contribution in [0.3, 0.4) is 0 Å². The van der Waals surface area contributed by atoms with Crippen LogP contribution in [0.15, 0.2) is 48.9 Å². The van der Waals surface area contributed by atoms with Gasteiger partial charge in [0.15, 0.2) is 5.65 Å². The van der Waals surface area contributed by atoms with Crippen LogP contribution in [-0.4, -0.2) is 20.5 Å². The van der Waals surface area contributed by atoms with Crippen molar-refractivity contribution >= 4 is 17.6 Å². The van der Waals surface area contributed by atoms with E-state index >= 15 is 0 Å². The topological polar surface area (TPSA) is 71.3 Å². The summed E-state index contributed by atoms with van der Waals surface area (Å²) in [7, 11) is 0. The van der Waals surface area contributed by atoms with Gasteiger partial charge < -0.3 is 5.43 Å². The Morgan fingerprint density at radius 1 is 1.05 bits per heavy atom. The second-order valence-corrected chi connectivity index (χ2v) is 4.65. The predicted molar refractivity (Wildman–Crippen MR) is 78.1 cm³/mol. The van der Waals surface area contributed by atoms with Gasteiger partial charge in [-0.15, -0.1) is 0 Å². The summed E-state index contributed by atoms with van der Waals surface area (Å²) in [5.74, 6) is -0.235. The van der Waals surface area contributed by atoms with Crippen molar-refractivity contribution in [3.63, 3.8) is 0 Å². The Kier molecular flexibility index (Phi) is 2.47. The molecule has 2 N–H and O–H groups in total. The SMILES string of the molecule is O=C1NNC=Cc2c1cnc1c(-c3ccccc3)cnn21. The number of aromatic nitrogens is 3. The molecule has 1 aliphatic rings. The van der Waals surface area contributed by atoms with E-state index in [1.165, 1.54) is 0 Å². The molecule has 102 valence electrons. The lowest BCUT2D eigenvalue weighted by Gasteiger charge is -2.05. The van der Waals surface area contributed by atoms with Gasteiger partial charge in [0.25, 0.3) is 5.91 Å². The molecule has 0 unspecified atom stereocenters. The standard InChI is InChI=1S/C15H11N5O/c21-15-12-8-16-14-11(10-4-2-1-3-5-10)9-18-20(14)13(12)6-7-17-19-15/h1-9,17H,(H,19,21). The number of hydrogen-bond acceptors (Lipinski definition) is 4. The maximum absolute atomic E-state index is 11.9. The lowest BCUT2D eigenvalue weighted by molar-refractivity contribution is 0.0941. The van der Waals surface area contributed by atoms with Crippen molar-refractivity contribution in [2.45, 2.75) is 0 Å². The Morgan fingerprint density at radius 2 is 1.90 bits per heavy atom. The first-order valence-corrected chi connectivity index (χ1v) is 6.49. The summed E-state index contributed by atoms with van der Waals surface area (Å²) in [6.07, 6.45) is 6.80. The van der Waals surface area contributed by atoms with Crippen molar-refractivity contribution < 1.29 is 4.79 Å². The van der Waals surface area contributed by atoms with Crippen molar-refractivity contribution in [1.29, 1.82) is 0 Å². The molecule has 2 aromatic heterocycles. The monoisotopic (exact) mass is 277 g/mol. The van der Waals surface area contributed by atoms with E-state index in [4.69, 9.17) is 0 Å². The summed E-state index contributed by atoms with van der Waals surface area (Å²) in [5.41, 5.74) is 9.12. The highest BCUT2D eigenvalue weighted by Gasteiger charge is 2.18. The van der Waals surface area contributed by atoms with Gasteiger partial charge in [-0.1, -0.05) is 30.3 Å². The van der Waals surface area contributed by atoms with E-state index < -0.39 is 0 Å². The number of benzene rings is 1. The van der Waals surface area contributed by atoms with Gasteiger partial charge in [-0.05, 0) is 11.6 Å². The molecule has 0 fully saturated rings. The lowest BCUT2D eigenvalue weighted by Crippen LogP contribution is -2.32. The third kappa shape index (κ3) is 1.77. The van der Waals surface area contributed by atoms with Gasteiger partial charge >= 0.3 is 0 Å². The van der Waals surface area contributed by atoms with E-state index in [0.29, 0.717) is 11.3 Å². The Morgan fingerprint density at radius 3 is 2.76 bits per heavy atom. The molecule has 0 radical (unpaired) electrons. The molecule has 4 rings (SSSR count). The second kappa shape index (κ2) is 4.45. The number of carbonyl (C=O) groups excluding carboxylic acids is 1. The zero-order valence-corrected chi connectivity index (χ0v) is 10.9. The fourth-order valence-corrected chi connectivity index (χ4v) is 2.40. The molecular formula is C15H11N5O. The molecular weight excluding hydrogens is 266 g/mol. The normalized spacial score (nSPS) is 13.4. The van der Waals surface area contributed by atoms with Crippen LogP contribution < -0.4 is 10.9 Å². The fraction of sp³-hybridized carbons (Fsp3) is 0. The highest BCUT2D eigenvalue weighted by atomic mass is 16.2. The Balaban J connectivity index is 1.99. The Hall–Kier alpha value is -3.15. The molecule has 0 spiro atoms. The molecule has 6 nitrogen and oxygen atoms in total. The number of nitrogens with one attached hydrogen (secondary N) is 2. The third-order valence-corrected chi connectivity index (χ3v) is 3.40. The van der Waals surface area contributed by atoms with Crippen LogP contribution in [-0.2, 0) is 0 Å². The van der Waals surface area contributed by atoms with Crippen LogP contribution in [0, 0.1) is 0 Å². The highest BCUT2D eigenvalue weighted by Crippen LogP contribution is 2.25. The van der Waals surface area contributed by atoms with E-state index in [-0.39, 0.29) is 5.91 Å². The molecule has 0 aliphatic carbocycles. The molecule has 0 atom stereocenters. The lowest BCUT2D eigenvalue weighted by atomic mass is 10.1. The molecule has 3 heterocycles. The van der Waals surface area contributed by atoms with E-state index in [1.807, 2.05) is 30.3 Å². The van der Waals surface area contributed by atoms with Gasteiger partial charge in [0, 0.05) is 18.0 Å². The summed E-state index contributed by atoms with van der Waals surface area (Å²) in [4.78, 5) is 16.3. The molecule has 3 aromatic rings. The number of carbonyl (C=O) groups is 1. The number of fused-ring (bicyclic) bond motifs is 3. The summed E-state index contributed by atoms with van der Waals surface area (Å²) in [6, 6.07) is 9.93.